The van der Waals surface area contributed by atoms with Gasteiger partial charge in [0.1, 0.15) is 0 Å². The Morgan fingerprint density at radius 3 is 2.47 bits per heavy atom. The maximum absolute atomic E-state index is 12.0. The van der Waals surface area contributed by atoms with Gasteiger partial charge in [-0.05, 0) is 26.0 Å². The third kappa shape index (κ3) is 4.66. The molecular weight excluding hydrogens is 242 g/mol. The highest BCUT2D eigenvalue weighted by Crippen LogP contribution is 2.25. The highest BCUT2D eigenvalue weighted by atomic mass is 16.5. The second kappa shape index (κ2) is 7.46. The second-order valence-electron chi connectivity index (χ2n) is 4.30. The fourth-order valence-corrected chi connectivity index (χ4v) is 1.67. The first-order valence-corrected chi connectivity index (χ1v) is 6.26. The molecule has 0 unspecified atom stereocenters. The summed E-state index contributed by atoms with van der Waals surface area (Å²) in [4.78, 5) is 13.7. The Labute approximate surface area is 114 Å². The van der Waals surface area contributed by atoms with Crippen LogP contribution in [0, 0.1) is 0 Å². The molecule has 0 aliphatic carbocycles. The van der Waals surface area contributed by atoms with Gasteiger partial charge in [0.05, 0.1) is 7.11 Å². The zero-order chi connectivity index (χ0) is 14.3. The summed E-state index contributed by atoms with van der Waals surface area (Å²) < 4.78 is 10.7. The number of methoxy groups -OCH3 is 1. The molecule has 0 radical (unpaired) electrons. The van der Waals surface area contributed by atoms with Crippen LogP contribution in [0.2, 0.25) is 0 Å². The van der Waals surface area contributed by atoms with Crippen molar-refractivity contribution in [3.05, 3.63) is 36.4 Å². The van der Waals surface area contributed by atoms with Gasteiger partial charge in [-0.3, -0.25) is 4.79 Å². The molecule has 0 atom stereocenters. The van der Waals surface area contributed by atoms with Gasteiger partial charge in [-0.1, -0.05) is 24.3 Å². The first-order valence-electron chi connectivity index (χ1n) is 6.26. The SMILES string of the molecule is C=C(C)CN(CC)C(=O)COc1ccccc1OC. The lowest BCUT2D eigenvalue weighted by Crippen LogP contribution is -2.35. The molecule has 0 spiro atoms. The van der Waals surface area contributed by atoms with Crippen LogP contribution in [-0.2, 0) is 4.79 Å². The van der Waals surface area contributed by atoms with Gasteiger partial charge >= 0.3 is 0 Å². The van der Waals surface area contributed by atoms with Gasteiger partial charge in [0.2, 0.25) is 0 Å². The number of benzene rings is 1. The summed E-state index contributed by atoms with van der Waals surface area (Å²) in [5, 5.41) is 0. The molecule has 0 bridgehead atoms. The average Bonchev–Trinajstić information content (AvgIpc) is 2.42. The molecule has 0 saturated carbocycles. The first-order chi connectivity index (χ1) is 9.08. The molecule has 4 heteroatoms. The number of amides is 1. The van der Waals surface area contributed by atoms with Crippen molar-refractivity contribution in [2.24, 2.45) is 0 Å². The van der Waals surface area contributed by atoms with Crippen molar-refractivity contribution < 1.29 is 14.3 Å². The summed E-state index contributed by atoms with van der Waals surface area (Å²) in [5.41, 5.74) is 0.951. The van der Waals surface area contributed by atoms with E-state index in [0.29, 0.717) is 24.6 Å². The molecule has 0 aromatic heterocycles. The largest absolute Gasteiger partial charge is 0.493 e. The third-order valence-corrected chi connectivity index (χ3v) is 2.62. The predicted octanol–water partition coefficient (Wildman–Crippen LogP) is 2.50. The highest BCUT2D eigenvalue weighted by Gasteiger charge is 2.13. The monoisotopic (exact) mass is 263 g/mol. The average molecular weight is 263 g/mol. The summed E-state index contributed by atoms with van der Waals surface area (Å²) in [6.07, 6.45) is 0. The van der Waals surface area contributed by atoms with Crippen LogP contribution in [0.5, 0.6) is 11.5 Å². The standard InChI is InChI=1S/C15H21NO3/c1-5-16(10-12(2)3)15(17)11-19-14-9-7-6-8-13(14)18-4/h6-9H,2,5,10-11H2,1,3-4H3. The summed E-state index contributed by atoms with van der Waals surface area (Å²) in [7, 11) is 1.57. The molecule has 0 saturated heterocycles. The molecule has 0 aliphatic rings. The Morgan fingerprint density at radius 2 is 1.95 bits per heavy atom. The zero-order valence-electron chi connectivity index (χ0n) is 11.8. The van der Waals surface area contributed by atoms with E-state index in [1.807, 2.05) is 26.0 Å². The zero-order valence-corrected chi connectivity index (χ0v) is 11.8. The summed E-state index contributed by atoms with van der Waals surface area (Å²) in [6.45, 7) is 8.85. The molecule has 1 aromatic rings. The van der Waals surface area contributed by atoms with Crippen molar-refractivity contribution >= 4 is 5.91 Å². The van der Waals surface area contributed by atoms with Crippen molar-refractivity contribution in [1.82, 2.24) is 4.90 Å². The Balaban J connectivity index is 2.60. The minimum Gasteiger partial charge on any atom is -0.493 e. The highest BCUT2D eigenvalue weighted by molar-refractivity contribution is 5.78. The van der Waals surface area contributed by atoms with Gasteiger partial charge in [0, 0.05) is 13.1 Å². The fourth-order valence-electron chi connectivity index (χ4n) is 1.67. The van der Waals surface area contributed by atoms with E-state index in [4.69, 9.17) is 9.47 Å². The van der Waals surface area contributed by atoms with Crippen LogP contribution in [0.3, 0.4) is 0 Å². The van der Waals surface area contributed by atoms with Crippen LogP contribution in [-0.4, -0.2) is 37.6 Å². The lowest BCUT2D eigenvalue weighted by atomic mass is 10.3. The van der Waals surface area contributed by atoms with E-state index in [-0.39, 0.29) is 12.5 Å². The molecule has 1 amide bonds. The Bertz CT molecular complexity index is 443. The van der Waals surface area contributed by atoms with Gasteiger partial charge < -0.3 is 14.4 Å². The van der Waals surface area contributed by atoms with Crippen LogP contribution < -0.4 is 9.47 Å². The third-order valence-electron chi connectivity index (χ3n) is 2.62. The number of carbonyl (C=O) groups excluding carboxylic acids is 1. The molecule has 104 valence electrons. The predicted molar refractivity (Wildman–Crippen MR) is 75.6 cm³/mol. The molecule has 19 heavy (non-hydrogen) atoms. The fraction of sp³-hybridized carbons (Fsp3) is 0.400. The van der Waals surface area contributed by atoms with E-state index in [1.165, 1.54) is 0 Å². The van der Waals surface area contributed by atoms with Gasteiger partial charge in [-0.2, -0.15) is 0 Å². The Morgan fingerprint density at radius 1 is 1.32 bits per heavy atom. The maximum Gasteiger partial charge on any atom is 0.260 e. The summed E-state index contributed by atoms with van der Waals surface area (Å²) in [5.74, 6) is 1.14. The summed E-state index contributed by atoms with van der Waals surface area (Å²) in [6, 6.07) is 7.27. The van der Waals surface area contributed by atoms with E-state index in [0.717, 1.165) is 5.57 Å². The quantitative estimate of drug-likeness (QED) is 0.709. The van der Waals surface area contributed by atoms with Gasteiger partial charge in [0.15, 0.2) is 18.1 Å². The van der Waals surface area contributed by atoms with E-state index >= 15 is 0 Å². The Hall–Kier alpha value is -1.97. The number of hydrogen-bond donors (Lipinski definition) is 0. The van der Waals surface area contributed by atoms with Crippen molar-refractivity contribution in [2.75, 3.05) is 26.8 Å². The van der Waals surface area contributed by atoms with E-state index in [1.54, 1.807) is 24.1 Å². The van der Waals surface area contributed by atoms with Crippen molar-refractivity contribution in [3.63, 3.8) is 0 Å². The smallest absolute Gasteiger partial charge is 0.260 e. The molecular formula is C15H21NO3. The summed E-state index contributed by atoms with van der Waals surface area (Å²) >= 11 is 0. The van der Waals surface area contributed by atoms with Crippen LogP contribution in [0.15, 0.2) is 36.4 Å². The number of likely N-dealkylation sites (N-methyl/N-ethyl adjacent to an activating group) is 1. The van der Waals surface area contributed by atoms with E-state index < -0.39 is 0 Å². The van der Waals surface area contributed by atoms with E-state index in [2.05, 4.69) is 6.58 Å². The van der Waals surface area contributed by atoms with Crippen LogP contribution >= 0.6 is 0 Å². The molecule has 0 aliphatic heterocycles. The number of para-hydroxylation sites is 2. The minimum absolute atomic E-state index is 0.00148. The van der Waals surface area contributed by atoms with Gasteiger partial charge in [0.25, 0.3) is 5.91 Å². The van der Waals surface area contributed by atoms with Crippen LogP contribution in [0.1, 0.15) is 13.8 Å². The van der Waals surface area contributed by atoms with Crippen molar-refractivity contribution in [2.45, 2.75) is 13.8 Å². The molecule has 1 rings (SSSR count). The van der Waals surface area contributed by atoms with Crippen molar-refractivity contribution in [1.29, 1.82) is 0 Å². The maximum atomic E-state index is 12.0. The topological polar surface area (TPSA) is 38.8 Å². The number of rotatable bonds is 7. The molecule has 0 N–H and O–H groups in total. The molecule has 0 heterocycles. The van der Waals surface area contributed by atoms with Crippen LogP contribution in [0.4, 0.5) is 0 Å². The Kier molecular flexibility index (Phi) is 5.93. The lowest BCUT2D eigenvalue weighted by Gasteiger charge is -2.21. The van der Waals surface area contributed by atoms with Crippen LogP contribution in [0.25, 0.3) is 0 Å². The number of ether oxygens (including phenoxy) is 2. The molecule has 1 aromatic carbocycles. The normalized spacial score (nSPS) is 9.84. The number of carbonyl (C=O) groups is 1. The van der Waals surface area contributed by atoms with Crippen molar-refractivity contribution in [3.8, 4) is 11.5 Å². The number of nitrogens with zero attached hydrogens (tertiary/aromatic N) is 1. The molecule has 0 fully saturated rings. The first kappa shape index (κ1) is 15.1. The molecule has 4 nitrogen and oxygen atoms in total. The minimum atomic E-state index is -0.0589. The van der Waals surface area contributed by atoms with Gasteiger partial charge in [-0.25, -0.2) is 0 Å². The van der Waals surface area contributed by atoms with E-state index in [9.17, 15) is 4.79 Å². The number of hydrogen-bond acceptors (Lipinski definition) is 3. The second-order valence-corrected chi connectivity index (χ2v) is 4.30. The lowest BCUT2D eigenvalue weighted by molar-refractivity contribution is -0.132. The van der Waals surface area contributed by atoms with Gasteiger partial charge in [-0.15, -0.1) is 0 Å².